The zero-order valence-electron chi connectivity index (χ0n) is 10.9. The molecule has 1 amide bonds. The van der Waals surface area contributed by atoms with Crippen molar-refractivity contribution < 1.29 is 28.5 Å². The van der Waals surface area contributed by atoms with Gasteiger partial charge in [0, 0.05) is 6.07 Å². The number of fused-ring (bicyclic) bond motifs is 1. The maximum absolute atomic E-state index is 11.5. The van der Waals surface area contributed by atoms with Crippen LogP contribution in [0.4, 0.5) is 10.5 Å². The number of hydrogen-bond acceptors (Lipinski definition) is 6. The first-order valence-electron chi connectivity index (χ1n) is 5.69. The lowest BCUT2D eigenvalue weighted by Crippen LogP contribution is -2.14. The van der Waals surface area contributed by atoms with Crippen LogP contribution in [0.2, 0.25) is 0 Å². The smallest absolute Gasteiger partial charge is 0.411 e. The second-order valence-electron chi connectivity index (χ2n) is 3.57. The van der Waals surface area contributed by atoms with Crippen molar-refractivity contribution in [1.29, 1.82) is 0 Å². The summed E-state index contributed by atoms with van der Waals surface area (Å²) in [6.07, 6.45) is -0.582. The predicted octanol–water partition coefficient (Wildman–Crippen LogP) is 2.00. The first-order chi connectivity index (χ1) is 9.21. The number of ether oxygens (including phenoxy) is 5. The van der Waals surface area contributed by atoms with Gasteiger partial charge in [-0.15, -0.1) is 0 Å². The predicted molar refractivity (Wildman–Crippen MR) is 66.3 cm³/mol. The summed E-state index contributed by atoms with van der Waals surface area (Å²) in [6, 6.07) is 1.59. The van der Waals surface area contributed by atoms with Crippen molar-refractivity contribution in [2.24, 2.45) is 0 Å². The van der Waals surface area contributed by atoms with Gasteiger partial charge >= 0.3 is 6.09 Å². The molecular formula is C12H15NO6. The molecule has 1 heterocycles. The van der Waals surface area contributed by atoms with E-state index in [1.165, 1.54) is 14.2 Å². The van der Waals surface area contributed by atoms with Crippen LogP contribution in [0.15, 0.2) is 6.07 Å². The number of anilines is 1. The summed E-state index contributed by atoms with van der Waals surface area (Å²) in [6.45, 7) is 2.07. The lowest BCUT2D eigenvalue weighted by molar-refractivity contribution is 0.167. The van der Waals surface area contributed by atoms with Crippen molar-refractivity contribution >= 4 is 11.8 Å². The SMILES string of the molecule is CCOC(=O)Nc1cc(OC)c2c(c1OC)OCO2. The molecule has 0 unspecified atom stereocenters. The lowest BCUT2D eigenvalue weighted by Gasteiger charge is -2.14. The van der Waals surface area contributed by atoms with Gasteiger partial charge in [0.05, 0.1) is 26.5 Å². The molecular weight excluding hydrogens is 254 g/mol. The molecule has 0 radical (unpaired) electrons. The van der Waals surface area contributed by atoms with Gasteiger partial charge in [0.1, 0.15) is 0 Å². The molecule has 1 aliphatic rings. The molecule has 19 heavy (non-hydrogen) atoms. The number of benzene rings is 1. The number of rotatable bonds is 4. The minimum Gasteiger partial charge on any atom is -0.493 e. The Morgan fingerprint density at radius 1 is 1.32 bits per heavy atom. The second-order valence-corrected chi connectivity index (χ2v) is 3.57. The topological polar surface area (TPSA) is 75.3 Å². The molecule has 7 heteroatoms. The summed E-state index contributed by atoms with van der Waals surface area (Å²) in [5, 5.41) is 2.57. The van der Waals surface area contributed by atoms with Crippen LogP contribution in [0, 0.1) is 0 Å². The maximum Gasteiger partial charge on any atom is 0.411 e. The van der Waals surface area contributed by atoms with Crippen molar-refractivity contribution in [2.45, 2.75) is 6.92 Å². The van der Waals surface area contributed by atoms with E-state index in [-0.39, 0.29) is 13.4 Å². The van der Waals surface area contributed by atoms with Crippen LogP contribution in [-0.4, -0.2) is 33.7 Å². The molecule has 0 bridgehead atoms. The van der Waals surface area contributed by atoms with Crippen LogP contribution in [0.3, 0.4) is 0 Å². The Balaban J connectivity index is 2.39. The number of hydrogen-bond donors (Lipinski definition) is 1. The summed E-state index contributed by atoms with van der Waals surface area (Å²) in [4.78, 5) is 11.5. The van der Waals surface area contributed by atoms with Crippen LogP contribution < -0.4 is 24.3 Å². The Labute approximate surface area is 110 Å². The van der Waals surface area contributed by atoms with Gasteiger partial charge in [-0.2, -0.15) is 0 Å². The third-order valence-electron chi connectivity index (χ3n) is 2.50. The minimum atomic E-state index is -0.582. The fourth-order valence-corrected chi connectivity index (χ4v) is 1.74. The van der Waals surface area contributed by atoms with Gasteiger partial charge in [0.2, 0.25) is 18.3 Å². The lowest BCUT2D eigenvalue weighted by atomic mass is 10.2. The Morgan fingerprint density at radius 3 is 2.68 bits per heavy atom. The molecule has 0 saturated heterocycles. The van der Waals surface area contributed by atoms with Gasteiger partial charge in [0.15, 0.2) is 11.5 Å². The Morgan fingerprint density at radius 2 is 2.05 bits per heavy atom. The first-order valence-corrected chi connectivity index (χ1v) is 5.69. The first kappa shape index (κ1) is 13.1. The monoisotopic (exact) mass is 269 g/mol. The van der Waals surface area contributed by atoms with Gasteiger partial charge < -0.3 is 23.7 Å². The quantitative estimate of drug-likeness (QED) is 0.901. The highest BCUT2D eigenvalue weighted by atomic mass is 16.7. The van der Waals surface area contributed by atoms with Crippen LogP contribution in [0.25, 0.3) is 0 Å². The van der Waals surface area contributed by atoms with E-state index >= 15 is 0 Å². The number of carbonyl (C=O) groups is 1. The molecule has 1 aliphatic heterocycles. The van der Waals surface area contributed by atoms with E-state index in [9.17, 15) is 4.79 Å². The normalized spacial score (nSPS) is 11.9. The third-order valence-corrected chi connectivity index (χ3v) is 2.50. The molecule has 7 nitrogen and oxygen atoms in total. The van der Waals surface area contributed by atoms with Crippen molar-refractivity contribution in [1.82, 2.24) is 0 Å². The molecule has 1 N–H and O–H groups in total. The fraction of sp³-hybridized carbons (Fsp3) is 0.417. The van der Waals surface area contributed by atoms with Gasteiger partial charge in [-0.05, 0) is 6.92 Å². The summed E-state index contributed by atoms with van der Waals surface area (Å²) in [5.41, 5.74) is 0.391. The third kappa shape index (κ3) is 2.44. The fourth-order valence-electron chi connectivity index (χ4n) is 1.74. The highest BCUT2D eigenvalue weighted by Crippen LogP contribution is 2.51. The van der Waals surface area contributed by atoms with Crippen LogP contribution in [-0.2, 0) is 4.74 Å². The number of carbonyl (C=O) groups excluding carboxylic acids is 1. The molecule has 0 aromatic heterocycles. The van der Waals surface area contributed by atoms with Crippen molar-refractivity contribution in [2.75, 3.05) is 32.9 Å². The molecule has 1 aromatic carbocycles. The van der Waals surface area contributed by atoms with Crippen LogP contribution >= 0.6 is 0 Å². The Bertz CT molecular complexity index is 488. The summed E-state index contributed by atoms with van der Waals surface area (Å²) in [7, 11) is 2.97. The van der Waals surface area contributed by atoms with Gasteiger partial charge in [0.25, 0.3) is 0 Å². The number of nitrogens with one attached hydrogen (secondary N) is 1. The summed E-state index contributed by atoms with van der Waals surface area (Å²) >= 11 is 0. The maximum atomic E-state index is 11.5. The largest absolute Gasteiger partial charge is 0.493 e. The average Bonchev–Trinajstić information content (AvgIpc) is 2.87. The zero-order valence-corrected chi connectivity index (χ0v) is 10.9. The molecule has 104 valence electrons. The molecule has 0 atom stereocenters. The highest BCUT2D eigenvalue weighted by Gasteiger charge is 2.27. The Kier molecular flexibility index (Phi) is 3.84. The van der Waals surface area contributed by atoms with Gasteiger partial charge in [-0.25, -0.2) is 4.79 Å². The minimum absolute atomic E-state index is 0.0743. The van der Waals surface area contributed by atoms with E-state index in [0.717, 1.165) is 0 Å². The van der Waals surface area contributed by atoms with E-state index in [1.54, 1.807) is 13.0 Å². The summed E-state index contributed by atoms with van der Waals surface area (Å²) < 4.78 is 25.9. The van der Waals surface area contributed by atoms with E-state index < -0.39 is 6.09 Å². The zero-order chi connectivity index (χ0) is 13.8. The van der Waals surface area contributed by atoms with E-state index in [4.69, 9.17) is 23.7 Å². The number of amides is 1. The van der Waals surface area contributed by atoms with Crippen molar-refractivity contribution in [3.63, 3.8) is 0 Å². The van der Waals surface area contributed by atoms with Crippen LogP contribution in [0.1, 0.15) is 6.92 Å². The molecule has 0 saturated carbocycles. The molecule has 1 aromatic rings. The van der Waals surface area contributed by atoms with Crippen LogP contribution in [0.5, 0.6) is 23.0 Å². The van der Waals surface area contributed by atoms with Crippen molar-refractivity contribution in [3.8, 4) is 23.0 Å². The molecule has 0 spiro atoms. The Hall–Kier alpha value is -2.31. The molecule has 0 fully saturated rings. The van der Waals surface area contributed by atoms with E-state index in [0.29, 0.717) is 28.7 Å². The van der Waals surface area contributed by atoms with Crippen molar-refractivity contribution in [3.05, 3.63) is 6.07 Å². The standard InChI is InChI=1S/C12H15NO6/c1-4-17-12(14)13-7-5-8(15-2)10-11(9(7)16-3)19-6-18-10/h5H,4,6H2,1-3H3,(H,13,14). The van der Waals surface area contributed by atoms with E-state index in [2.05, 4.69) is 5.32 Å². The molecule has 2 rings (SSSR count). The average molecular weight is 269 g/mol. The van der Waals surface area contributed by atoms with Gasteiger partial charge in [-0.3, -0.25) is 5.32 Å². The van der Waals surface area contributed by atoms with E-state index in [1.807, 2.05) is 0 Å². The van der Waals surface area contributed by atoms with Gasteiger partial charge in [-0.1, -0.05) is 0 Å². The highest BCUT2D eigenvalue weighted by molar-refractivity contribution is 5.89. The molecule has 0 aliphatic carbocycles. The number of methoxy groups -OCH3 is 2. The summed E-state index contributed by atoms with van der Waals surface area (Å²) in [5.74, 6) is 1.66. The second kappa shape index (κ2) is 5.55.